The predicted octanol–water partition coefficient (Wildman–Crippen LogP) is 3.28. The van der Waals surface area contributed by atoms with E-state index in [2.05, 4.69) is 18.2 Å². The summed E-state index contributed by atoms with van der Waals surface area (Å²) in [7, 11) is -0.341. The normalized spacial score (nSPS) is 11.5. The van der Waals surface area contributed by atoms with Gasteiger partial charge in [0, 0.05) is 16.2 Å². The molecule has 0 aliphatic heterocycles. The maximum Gasteiger partial charge on any atom is 1.00 e. The summed E-state index contributed by atoms with van der Waals surface area (Å²) in [5.41, 5.74) is 2.84. The van der Waals surface area contributed by atoms with Crippen molar-refractivity contribution in [3.63, 3.8) is 0 Å². The molecule has 6 aromatic rings. The van der Waals surface area contributed by atoms with Crippen LogP contribution in [0, 0.1) is 0 Å². The molecule has 29 heavy (non-hydrogen) atoms. The smallest absolute Gasteiger partial charge is 0.424 e. The Morgan fingerprint density at radius 3 is 1.10 bits per heavy atom. The van der Waals surface area contributed by atoms with E-state index >= 15 is 0 Å². The van der Waals surface area contributed by atoms with Gasteiger partial charge in [-0.05, 0) is 36.8 Å². The second kappa shape index (κ2) is 7.14. The SMILES string of the molecule is [Tl+].c1ccc2nn([B-](n3cc4ccccc4n3)n3cc4ccccc4n3)cc2c1. The van der Waals surface area contributed by atoms with Crippen LogP contribution in [0.15, 0.2) is 91.4 Å². The number of fused-ring (bicyclic) bond motifs is 3. The fourth-order valence-electron chi connectivity index (χ4n) is 3.67. The fourth-order valence-corrected chi connectivity index (χ4v) is 3.67. The third-order valence-corrected chi connectivity index (χ3v) is 5.00. The molecule has 0 unspecified atom stereocenters. The van der Waals surface area contributed by atoms with Crippen molar-refractivity contribution in [1.29, 1.82) is 0 Å². The van der Waals surface area contributed by atoms with Crippen LogP contribution in [0.3, 0.4) is 0 Å². The number of nitrogens with zero attached hydrogens (tertiary/aromatic N) is 6. The van der Waals surface area contributed by atoms with E-state index < -0.39 is 0 Å². The minimum absolute atomic E-state index is 0. The molecule has 0 aliphatic rings. The summed E-state index contributed by atoms with van der Waals surface area (Å²) < 4.78 is 5.76. The number of benzene rings is 3. The van der Waals surface area contributed by atoms with Crippen LogP contribution in [0.1, 0.15) is 0 Å². The zero-order chi connectivity index (χ0) is 18.5. The van der Waals surface area contributed by atoms with Crippen molar-refractivity contribution < 1.29 is 0 Å². The van der Waals surface area contributed by atoms with Crippen LogP contribution < -0.4 is 0 Å². The van der Waals surface area contributed by atoms with Crippen LogP contribution in [-0.2, 0) is 0 Å². The average Bonchev–Trinajstić information content (AvgIpc) is 3.44. The second-order valence-electron chi connectivity index (χ2n) is 6.85. The first-order valence-corrected chi connectivity index (χ1v) is 9.17. The number of hydrogen-bond donors (Lipinski definition) is 0. The first kappa shape index (κ1) is 18.1. The maximum atomic E-state index is 4.80. The van der Waals surface area contributed by atoms with Crippen LogP contribution in [0.25, 0.3) is 32.7 Å². The topological polar surface area (TPSA) is 53.5 Å². The van der Waals surface area contributed by atoms with Crippen molar-refractivity contribution in [1.82, 2.24) is 29.1 Å². The molecule has 0 fully saturated rings. The Morgan fingerprint density at radius 1 is 0.483 bits per heavy atom. The summed E-state index contributed by atoms with van der Waals surface area (Å²) in [5.74, 6) is 0. The van der Waals surface area contributed by atoms with Gasteiger partial charge >= 0.3 is 27.3 Å². The number of hydrogen-bond acceptors (Lipinski definition) is 3. The van der Waals surface area contributed by atoms with Gasteiger partial charge in [0.15, 0.2) is 0 Å². The van der Waals surface area contributed by atoms with Gasteiger partial charge in [-0.25, -0.2) is 15.3 Å². The van der Waals surface area contributed by atoms with E-state index in [9.17, 15) is 0 Å². The van der Waals surface area contributed by atoms with E-state index in [-0.39, 0.29) is 34.4 Å². The van der Waals surface area contributed by atoms with E-state index in [1.165, 1.54) is 0 Å². The zero-order valence-corrected chi connectivity index (χ0v) is 20.0. The third kappa shape index (κ3) is 3.05. The van der Waals surface area contributed by atoms with Crippen molar-refractivity contribution >= 4 is 67.1 Å². The number of rotatable bonds is 3. The minimum atomic E-state index is -0.341. The summed E-state index contributed by atoms with van der Waals surface area (Å²) in [6.07, 6.45) is 6.12. The molecule has 135 valence electrons. The number of aromatic nitrogens is 6. The molecule has 3 aromatic carbocycles. The molecule has 1 radical (unpaired) electrons. The van der Waals surface area contributed by atoms with Crippen LogP contribution in [0.2, 0.25) is 0 Å². The molecule has 0 amide bonds. The quantitative estimate of drug-likeness (QED) is 0.309. The van der Waals surface area contributed by atoms with Gasteiger partial charge in [-0.15, -0.1) is 0 Å². The van der Waals surface area contributed by atoms with Crippen LogP contribution >= 0.6 is 0 Å². The van der Waals surface area contributed by atoms with E-state index in [1.54, 1.807) is 0 Å². The fraction of sp³-hybridized carbons (Fsp3) is 0. The standard InChI is InChI=1S/C21H15BN6.Tl/c1-4-10-19-16(7-1)13-26(23-19)22(27-14-17-8-2-5-11-20(17)24-27)28-15-18-9-3-6-12-21(18)25-28;/h1-15H;/q-1;+1. The Hall–Kier alpha value is -2.94. The Kier molecular flexibility index (Phi) is 4.46. The first-order valence-electron chi connectivity index (χ1n) is 9.17. The minimum Gasteiger partial charge on any atom is -0.424 e. The molecule has 0 spiro atoms. The molecule has 6 nitrogen and oxygen atoms in total. The molecule has 0 aliphatic carbocycles. The van der Waals surface area contributed by atoms with Crippen molar-refractivity contribution in [3.05, 3.63) is 91.4 Å². The van der Waals surface area contributed by atoms with Crippen LogP contribution in [-0.4, -0.2) is 63.5 Å². The van der Waals surface area contributed by atoms with Crippen molar-refractivity contribution in [2.45, 2.75) is 0 Å². The molecule has 3 heterocycles. The van der Waals surface area contributed by atoms with Crippen molar-refractivity contribution in [3.8, 4) is 0 Å². The summed E-state index contributed by atoms with van der Waals surface area (Å²) in [6.45, 7) is 0. The van der Waals surface area contributed by atoms with Gasteiger partial charge in [-0.1, -0.05) is 54.6 Å². The predicted molar refractivity (Wildman–Crippen MR) is 117 cm³/mol. The van der Waals surface area contributed by atoms with Gasteiger partial charge in [0.2, 0.25) is 0 Å². The average molecular weight is 567 g/mol. The first-order chi connectivity index (χ1) is 13.8. The van der Waals surface area contributed by atoms with Crippen molar-refractivity contribution in [2.75, 3.05) is 0 Å². The summed E-state index contributed by atoms with van der Waals surface area (Å²) in [6, 6.07) is 24.3. The van der Waals surface area contributed by atoms with Gasteiger partial charge < -0.3 is 13.8 Å². The summed E-state index contributed by atoms with van der Waals surface area (Å²) in [4.78, 5) is 0. The molecule has 8 heteroatoms. The molecule has 6 rings (SSSR count). The maximum absolute atomic E-state index is 4.80. The van der Waals surface area contributed by atoms with Crippen LogP contribution in [0.4, 0.5) is 0 Å². The van der Waals surface area contributed by atoms with Gasteiger partial charge in [0.25, 0.3) is 7.12 Å². The second-order valence-corrected chi connectivity index (χ2v) is 6.85. The Balaban J connectivity index is 0.00000181. The molecule has 0 N–H and O–H groups in total. The van der Waals surface area contributed by atoms with Crippen LogP contribution in [0.5, 0.6) is 0 Å². The van der Waals surface area contributed by atoms with Gasteiger partial charge in [-0.3, -0.25) is 0 Å². The Bertz CT molecular complexity index is 1170. The largest absolute Gasteiger partial charge is 1.00 e. The van der Waals surface area contributed by atoms with E-state index in [0.29, 0.717) is 0 Å². The zero-order valence-electron chi connectivity index (χ0n) is 15.5. The molecule has 0 saturated carbocycles. The molecular formula is C21H15BN6Tl. The summed E-state index contributed by atoms with van der Waals surface area (Å²) >= 11 is 0. The molecule has 0 atom stereocenters. The molecule has 0 saturated heterocycles. The van der Waals surface area contributed by atoms with E-state index in [1.807, 2.05) is 87.0 Å². The van der Waals surface area contributed by atoms with E-state index in [4.69, 9.17) is 15.3 Å². The van der Waals surface area contributed by atoms with Gasteiger partial charge in [0.1, 0.15) is 0 Å². The van der Waals surface area contributed by atoms with E-state index in [0.717, 1.165) is 32.7 Å². The summed E-state index contributed by atoms with van der Waals surface area (Å²) in [5, 5.41) is 17.7. The third-order valence-electron chi connectivity index (χ3n) is 5.00. The van der Waals surface area contributed by atoms with Crippen molar-refractivity contribution in [2.24, 2.45) is 0 Å². The van der Waals surface area contributed by atoms with Gasteiger partial charge in [-0.2, -0.15) is 0 Å². The van der Waals surface area contributed by atoms with Gasteiger partial charge in [0.05, 0.1) is 16.6 Å². The monoisotopic (exact) mass is 567 g/mol. The Morgan fingerprint density at radius 2 is 0.793 bits per heavy atom. The Labute approximate surface area is 187 Å². The molecular weight excluding hydrogens is 551 g/mol. The molecule has 3 aromatic heterocycles. The molecule has 0 bridgehead atoms.